The van der Waals surface area contributed by atoms with E-state index in [-0.39, 0.29) is 17.3 Å². The van der Waals surface area contributed by atoms with Gasteiger partial charge in [0.15, 0.2) is 5.82 Å². The summed E-state index contributed by atoms with van der Waals surface area (Å²) < 4.78 is 20.1. The lowest BCUT2D eigenvalue weighted by atomic mass is 9.92. The topological polar surface area (TPSA) is 83.4 Å². The Balaban J connectivity index is 1.59. The molecule has 7 nitrogen and oxygen atoms in total. The van der Waals surface area contributed by atoms with Crippen molar-refractivity contribution >= 4 is 27.6 Å². The average molecular weight is 470 g/mol. The molecule has 2 aromatic carbocycles. The second-order valence-corrected chi connectivity index (χ2v) is 9.23. The first-order chi connectivity index (χ1) is 17.0. The van der Waals surface area contributed by atoms with Gasteiger partial charge in [-0.25, -0.2) is 4.39 Å². The van der Waals surface area contributed by atoms with Gasteiger partial charge in [-0.3, -0.25) is 4.98 Å². The number of methoxy groups -OCH3 is 1. The average Bonchev–Trinajstić information content (AvgIpc) is 3.20. The molecule has 4 aromatic rings. The number of hydrogen-bond donors (Lipinski definition) is 2. The Morgan fingerprint density at radius 1 is 1.14 bits per heavy atom. The van der Waals surface area contributed by atoms with Crippen LogP contribution < -0.4 is 15.0 Å². The second-order valence-electron chi connectivity index (χ2n) is 9.23. The summed E-state index contributed by atoms with van der Waals surface area (Å²) in [4.78, 5) is 16.3. The Labute approximate surface area is 202 Å². The lowest BCUT2D eigenvalue weighted by Gasteiger charge is -2.34. The Morgan fingerprint density at radius 3 is 2.63 bits per heavy atom. The second kappa shape index (κ2) is 8.07. The molecular formula is C27H24FN5O2. The van der Waals surface area contributed by atoms with Gasteiger partial charge in [-0.15, -0.1) is 6.42 Å². The zero-order valence-electron chi connectivity index (χ0n) is 19.5. The third-order valence-corrected chi connectivity index (χ3v) is 7.11. The number of aromatic nitrogens is 3. The molecule has 2 aliphatic rings. The van der Waals surface area contributed by atoms with E-state index >= 15 is 0 Å². The van der Waals surface area contributed by atoms with Crippen molar-refractivity contribution in [1.82, 2.24) is 20.3 Å². The zero-order chi connectivity index (χ0) is 24.3. The fourth-order valence-corrected chi connectivity index (χ4v) is 5.49. The van der Waals surface area contributed by atoms with Crippen LogP contribution in [0.25, 0.3) is 32.9 Å². The van der Waals surface area contributed by atoms with Crippen LogP contribution >= 0.6 is 0 Å². The molecule has 176 valence electrons. The number of anilines is 1. The van der Waals surface area contributed by atoms with Gasteiger partial charge in [0, 0.05) is 42.3 Å². The van der Waals surface area contributed by atoms with Gasteiger partial charge in [0.05, 0.1) is 12.7 Å². The summed E-state index contributed by atoms with van der Waals surface area (Å²) in [6, 6.07) is 7.22. The van der Waals surface area contributed by atoms with Crippen molar-refractivity contribution in [3.8, 4) is 35.2 Å². The molecule has 2 aliphatic heterocycles. The maximum Gasteiger partial charge on any atom is 0.318 e. The Hall–Kier alpha value is -3.96. The first-order valence-electron chi connectivity index (χ1n) is 11.6. The van der Waals surface area contributed by atoms with Crippen LogP contribution in [0.5, 0.6) is 11.8 Å². The van der Waals surface area contributed by atoms with Crippen LogP contribution in [-0.2, 0) is 0 Å². The predicted molar refractivity (Wildman–Crippen MR) is 133 cm³/mol. The molecule has 0 spiro atoms. The number of phenolic OH excluding ortho intramolecular Hbond substituents is 1. The van der Waals surface area contributed by atoms with E-state index in [0.717, 1.165) is 37.3 Å². The minimum atomic E-state index is -0.488. The minimum Gasteiger partial charge on any atom is -0.508 e. The van der Waals surface area contributed by atoms with E-state index in [9.17, 15) is 9.50 Å². The molecule has 1 unspecified atom stereocenters. The minimum absolute atomic E-state index is 0.0545. The van der Waals surface area contributed by atoms with E-state index in [1.54, 1.807) is 31.5 Å². The highest BCUT2D eigenvalue weighted by Crippen LogP contribution is 2.39. The molecular weight excluding hydrogens is 445 g/mol. The number of nitrogens with zero attached hydrogens (tertiary/aromatic N) is 4. The quantitative estimate of drug-likeness (QED) is 0.440. The molecule has 2 aromatic heterocycles. The van der Waals surface area contributed by atoms with E-state index in [2.05, 4.69) is 26.1 Å². The maximum atomic E-state index is 14.6. The van der Waals surface area contributed by atoms with Crippen molar-refractivity contribution in [1.29, 1.82) is 0 Å². The van der Waals surface area contributed by atoms with Gasteiger partial charge in [0.25, 0.3) is 0 Å². The lowest BCUT2D eigenvalue weighted by Crippen LogP contribution is -2.51. The molecule has 2 fully saturated rings. The normalized spacial score (nSPS) is 19.3. The number of halogens is 1. The van der Waals surface area contributed by atoms with E-state index in [1.807, 2.05) is 6.92 Å². The van der Waals surface area contributed by atoms with Crippen molar-refractivity contribution in [3.05, 3.63) is 47.4 Å². The van der Waals surface area contributed by atoms with E-state index in [4.69, 9.17) is 16.1 Å². The summed E-state index contributed by atoms with van der Waals surface area (Å²) in [6.45, 7) is 3.62. The first-order valence-corrected chi connectivity index (χ1v) is 11.6. The van der Waals surface area contributed by atoms with Gasteiger partial charge in [-0.05, 0) is 54.5 Å². The van der Waals surface area contributed by atoms with Crippen molar-refractivity contribution in [2.45, 2.75) is 31.8 Å². The van der Waals surface area contributed by atoms with E-state index in [0.29, 0.717) is 45.0 Å². The van der Waals surface area contributed by atoms with Gasteiger partial charge in [0.2, 0.25) is 0 Å². The summed E-state index contributed by atoms with van der Waals surface area (Å²) in [5.41, 5.74) is 3.58. The molecule has 35 heavy (non-hydrogen) atoms. The van der Waals surface area contributed by atoms with Gasteiger partial charge < -0.3 is 20.1 Å². The number of aromatic hydroxyl groups is 1. The molecule has 2 saturated heterocycles. The van der Waals surface area contributed by atoms with Crippen LogP contribution in [-0.4, -0.2) is 52.3 Å². The highest BCUT2D eigenvalue weighted by atomic mass is 19.1. The number of hydrogen-bond acceptors (Lipinski definition) is 7. The molecule has 0 saturated carbocycles. The third kappa shape index (κ3) is 3.43. The van der Waals surface area contributed by atoms with Crippen LogP contribution in [0.3, 0.4) is 0 Å². The van der Waals surface area contributed by atoms with Gasteiger partial charge in [0.1, 0.15) is 22.6 Å². The van der Waals surface area contributed by atoms with Crippen LogP contribution in [0.2, 0.25) is 0 Å². The zero-order valence-corrected chi connectivity index (χ0v) is 19.5. The number of phenols is 1. The number of rotatable bonds is 3. The van der Waals surface area contributed by atoms with Gasteiger partial charge in [-0.1, -0.05) is 12.0 Å². The lowest BCUT2D eigenvalue weighted by molar-refractivity contribution is 0.380. The fourth-order valence-electron chi connectivity index (χ4n) is 5.49. The summed E-state index contributed by atoms with van der Waals surface area (Å²) in [6.07, 6.45) is 9.71. The standard InChI is InChI=1S/C27H24FN5O2/c1-4-19-22(28)8-5-15-9-18(34)10-20(23(15)19)21-11-29-25-24(14(21)2)31-27(35-3)32-26(25)33-12-16-6-7-17(13-33)30-16/h1,5,8-11,16-17,30,34H,6-7,12-13H2,2-3H3/t16-,17?/m0/s1. The van der Waals surface area contributed by atoms with E-state index < -0.39 is 5.82 Å². The molecule has 0 aliphatic carbocycles. The van der Waals surface area contributed by atoms with Crippen molar-refractivity contribution in [3.63, 3.8) is 0 Å². The molecule has 2 bridgehead atoms. The molecule has 0 radical (unpaired) electrons. The number of benzene rings is 2. The first kappa shape index (κ1) is 21.6. The van der Waals surface area contributed by atoms with Crippen LogP contribution in [0, 0.1) is 25.1 Å². The molecule has 8 heteroatoms. The Bertz CT molecular complexity index is 1540. The molecule has 4 heterocycles. The van der Waals surface area contributed by atoms with Crippen LogP contribution in [0.4, 0.5) is 10.2 Å². The smallest absolute Gasteiger partial charge is 0.318 e. The largest absolute Gasteiger partial charge is 0.508 e. The number of terminal acetylenes is 1. The summed E-state index contributed by atoms with van der Waals surface area (Å²) in [7, 11) is 1.55. The highest BCUT2D eigenvalue weighted by Gasteiger charge is 2.34. The van der Waals surface area contributed by atoms with Gasteiger partial charge >= 0.3 is 6.01 Å². The molecule has 0 amide bonds. The fraction of sp³-hybridized carbons (Fsp3) is 0.296. The van der Waals surface area contributed by atoms with E-state index in [1.165, 1.54) is 6.07 Å². The summed E-state index contributed by atoms with van der Waals surface area (Å²) in [5, 5.41) is 15.3. The monoisotopic (exact) mass is 469 g/mol. The maximum absolute atomic E-state index is 14.6. The van der Waals surface area contributed by atoms with Crippen LogP contribution in [0.15, 0.2) is 30.5 Å². The Kier molecular flexibility index (Phi) is 4.97. The van der Waals surface area contributed by atoms with Crippen LogP contribution in [0.1, 0.15) is 24.0 Å². The number of pyridine rings is 1. The highest BCUT2D eigenvalue weighted by molar-refractivity contribution is 6.04. The Morgan fingerprint density at radius 2 is 1.91 bits per heavy atom. The number of ether oxygens (including phenoxy) is 1. The number of nitrogens with one attached hydrogen (secondary N) is 1. The predicted octanol–water partition coefficient (Wildman–Crippen LogP) is 3.93. The molecule has 6 rings (SSSR count). The van der Waals surface area contributed by atoms with Crippen molar-refractivity contribution in [2.24, 2.45) is 0 Å². The van der Waals surface area contributed by atoms with Gasteiger partial charge in [-0.2, -0.15) is 9.97 Å². The number of piperazine rings is 1. The third-order valence-electron chi connectivity index (χ3n) is 7.11. The molecule has 2 atom stereocenters. The number of aryl methyl sites for hydroxylation is 1. The van der Waals surface area contributed by atoms with Crippen molar-refractivity contribution in [2.75, 3.05) is 25.1 Å². The van der Waals surface area contributed by atoms with Crippen molar-refractivity contribution < 1.29 is 14.2 Å². The molecule has 2 N–H and O–H groups in total. The number of fused-ring (bicyclic) bond motifs is 4. The summed E-state index contributed by atoms with van der Waals surface area (Å²) >= 11 is 0. The summed E-state index contributed by atoms with van der Waals surface area (Å²) in [5.74, 6) is 2.79. The SMILES string of the molecule is C#Cc1c(F)ccc2cc(O)cc(-c3cnc4c(N5CC6CC[C@@H](C5)N6)nc(OC)nc4c3C)c12.